The molecule has 0 saturated carbocycles. The van der Waals surface area contributed by atoms with Crippen LogP contribution in [0.3, 0.4) is 0 Å². The van der Waals surface area contributed by atoms with Crippen LogP contribution in [-0.4, -0.2) is 27.3 Å². The fourth-order valence-electron chi connectivity index (χ4n) is 3.48. The van der Waals surface area contributed by atoms with Crippen LogP contribution in [0.1, 0.15) is 46.2 Å². The molecule has 3 heterocycles. The van der Waals surface area contributed by atoms with E-state index in [0.717, 1.165) is 37.3 Å². The van der Waals surface area contributed by atoms with Crippen molar-refractivity contribution < 1.29 is 4.79 Å². The fourth-order valence-corrected chi connectivity index (χ4v) is 4.23. The van der Waals surface area contributed by atoms with E-state index >= 15 is 0 Å². The van der Waals surface area contributed by atoms with Crippen LogP contribution in [0.25, 0.3) is 0 Å². The van der Waals surface area contributed by atoms with Gasteiger partial charge in [0.15, 0.2) is 5.13 Å². The van der Waals surface area contributed by atoms with E-state index in [1.54, 1.807) is 12.1 Å². The van der Waals surface area contributed by atoms with Crippen molar-refractivity contribution in [1.29, 1.82) is 0 Å². The van der Waals surface area contributed by atoms with Crippen molar-refractivity contribution in [3.05, 3.63) is 76.6 Å². The highest BCUT2D eigenvalue weighted by atomic mass is 32.1. The number of rotatable bonds is 5. The van der Waals surface area contributed by atoms with E-state index in [0.29, 0.717) is 10.7 Å². The molecule has 1 atom stereocenters. The molecule has 1 aliphatic heterocycles. The molecular weight excluding hydrogens is 356 g/mol. The Morgan fingerprint density at radius 1 is 1.26 bits per heavy atom. The second-order valence-electron chi connectivity index (χ2n) is 6.79. The number of aryl methyl sites for hydroxylation is 1. The number of nitrogens with zero attached hydrogens (tertiary/aromatic N) is 3. The minimum Gasteiger partial charge on any atom is -0.298 e. The molecule has 1 unspecified atom stereocenters. The van der Waals surface area contributed by atoms with Crippen molar-refractivity contribution in [2.24, 2.45) is 0 Å². The highest BCUT2D eigenvalue weighted by molar-refractivity contribution is 7.14. The predicted octanol–water partition coefficient (Wildman–Crippen LogP) is 4.44. The lowest BCUT2D eigenvalue weighted by Crippen LogP contribution is -2.24. The van der Waals surface area contributed by atoms with E-state index in [4.69, 9.17) is 4.98 Å². The van der Waals surface area contributed by atoms with Gasteiger partial charge >= 0.3 is 0 Å². The number of amides is 1. The van der Waals surface area contributed by atoms with E-state index in [-0.39, 0.29) is 11.9 Å². The molecule has 0 bridgehead atoms. The average molecular weight is 379 g/mol. The average Bonchev–Trinajstić information content (AvgIpc) is 3.33. The van der Waals surface area contributed by atoms with E-state index in [2.05, 4.69) is 33.6 Å². The molecule has 2 aromatic heterocycles. The van der Waals surface area contributed by atoms with Crippen LogP contribution >= 0.6 is 11.3 Å². The molecule has 5 nitrogen and oxygen atoms in total. The molecule has 6 heteroatoms. The SMILES string of the molecule is Cc1cccnc1CN1CCCC1c1csc(NC(=O)c2ccccc2)n1. The van der Waals surface area contributed by atoms with Gasteiger partial charge in [0.2, 0.25) is 0 Å². The quantitative estimate of drug-likeness (QED) is 0.713. The third-order valence-electron chi connectivity index (χ3n) is 4.95. The Bertz CT molecular complexity index is 925. The Hall–Kier alpha value is -2.57. The number of nitrogens with one attached hydrogen (secondary N) is 1. The van der Waals surface area contributed by atoms with Gasteiger partial charge in [-0.3, -0.25) is 20.0 Å². The first-order valence-corrected chi connectivity index (χ1v) is 10.0. The van der Waals surface area contributed by atoms with Crippen LogP contribution in [-0.2, 0) is 6.54 Å². The summed E-state index contributed by atoms with van der Waals surface area (Å²) in [4.78, 5) is 24.0. The fraction of sp³-hybridized carbons (Fsp3) is 0.286. The minimum atomic E-state index is -0.121. The molecule has 1 amide bonds. The molecule has 1 N–H and O–H groups in total. The van der Waals surface area contributed by atoms with Crippen molar-refractivity contribution in [2.75, 3.05) is 11.9 Å². The zero-order valence-corrected chi connectivity index (χ0v) is 16.1. The summed E-state index contributed by atoms with van der Waals surface area (Å²) in [6.45, 7) is 3.98. The van der Waals surface area contributed by atoms with Crippen molar-refractivity contribution in [3.63, 3.8) is 0 Å². The zero-order valence-electron chi connectivity index (χ0n) is 15.3. The molecule has 1 aliphatic rings. The topological polar surface area (TPSA) is 58.1 Å². The maximum absolute atomic E-state index is 12.3. The van der Waals surface area contributed by atoms with Crippen LogP contribution in [0, 0.1) is 6.92 Å². The van der Waals surface area contributed by atoms with Gasteiger partial charge in [-0.25, -0.2) is 4.98 Å². The number of aromatic nitrogens is 2. The van der Waals surface area contributed by atoms with Crippen LogP contribution < -0.4 is 5.32 Å². The van der Waals surface area contributed by atoms with Crippen molar-refractivity contribution >= 4 is 22.4 Å². The second kappa shape index (κ2) is 7.98. The molecule has 1 aromatic carbocycles. The van der Waals surface area contributed by atoms with E-state index in [9.17, 15) is 4.79 Å². The normalized spacial score (nSPS) is 17.1. The standard InChI is InChI=1S/C21H22N4OS/c1-15-7-5-11-22-17(15)13-25-12-6-10-19(25)18-14-27-21(23-18)24-20(26)16-8-3-2-4-9-16/h2-5,7-9,11,14,19H,6,10,12-13H2,1H3,(H,23,24,26). The summed E-state index contributed by atoms with van der Waals surface area (Å²) in [5, 5.41) is 5.63. The smallest absolute Gasteiger partial charge is 0.257 e. The van der Waals surface area contributed by atoms with Gasteiger partial charge in [-0.05, 0) is 50.1 Å². The molecule has 4 rings (SSSR count). The number of carbonyl (C=O) groups is 1. The van der Waals surface area contributed by atoms with E-state index in [1.807, 2.05) is 30.5 Å². The summed E-state index contributed by atoms with van der Waals surface area (Å²) in [6, 6.07) is 13.6. The first-order chi connectivity index (χ1) is 13.2. The molecule has 0 aliphatic carbocycles. The first kappa shape index (κ1) is 17.8. The lowest BCUT2D eigenvalue weighted by Gasteiger charge is -2.23. The number of benzene rings is 1. The van der Waals surface area contributed by atoms with Crippen LogP contribution in [0.4, 0.5) is 5.13 Å². The largest absolute Gasteiger partial charge is 0.298 e. The molecule has 1 saturated heterocycles. The van der Waals surface area contributed by atoms with Gasteiger partial charge in [0.25, 0.3) is 5.91 Å². The third kappa shape index (κ3) is 4.07. The molecule has 0 radical (unpaired) electrons. The van der Waals surface area contributed by atoms with Gasteiger partial charge < -0.3 is 0 Å². The van der Waals surface area contributed by atoms with E-state index < -0.39 is 0 Å². The van der Waals surface area contributed by atoms with Gasteiger partial charge in [0, 0.05) is 23.7 Å². The molecular formula is C21H22N4OS. The Labute approximate surface area is 163 Å². The number of anilines is 1. The summed E-state index contributed by atoms with van der Waals surface area (Å²) in [7, 11) is 0. The molecule has 0 spiro atoms. The molecule has 27 heavy (non-hydrogen) atoms. The third-order valence-corrected chi connectivity index (χ3v) is 5.73. The Morgan fingerprint density at radius 3 is 2.93 bits per heavy atom. The molecule has 1 fully saturated rings. The number of pyridine rings is 1. The highest BCUT2D eigenvalue weighted by Gasteiger charge is 2.28. The van der Waals surface area contributed by atoms with Crippen LogP contribution in [0.15, 0.2) is 54.0 Å². The Kier molecular flexibility index (Phi) is 5.27. The van der Waals surface area contributed by atoms with Gasteiger partial charge in [-0.15, -0.1) is 11.3 Å². The van der Waals surface area contributed by atoms with Gasteiger partial charge in [-0.1, -0.05) is 24.3 Å². The molecule has 3 aromatic rings. The monoisotopic (exact) mass is 378 g/mol. The van der Waals surface area contributed by atoms with Gasteiger partial charge in [-0.2, -0.15) is 0 Å². The Morgan fingerprint density at radius 2 is 2.11 bits per heavy atom. The first-order valence-electron chi connectivity index (χ1n) is 9.17. The predicted molar refractivity (Wildman–Crippen MR) is 108 cm³/mol. The van der Waals surface area contributed by atoms with E-state index in [1.165, 1.54) is 16.9 Å². The number of carbonyl (C=O) groups excluding carboxylic acids is 1. The summed E-state index contributed by atoms with van der Waals surface area (Å²) in [5.74, 6) is -0.121. The maximum atomic E-state index is 12.3. The van der Waals surface area contributed by atoms with Crippen molar-refractivity contribution in [2.45, 2.75) is 32.4 Å². The summed E-state index contributed by atoms with van der Waals surface area (Å²) in [6.07, 6.45) is 4.09. The number of hydrogen-bond acceptors (Lipinski definition) is 5. The van der Waals surface area contributed by atoms with Gasteiger partial charge in [0.05, 0.1) is 17.4 Å². The Balaban J connectivity index is 1.45. The zero-order chi connectivity index (χ0) is 18.6. The molecule has 138 valence electrons. The lowest BCUT2D eigenvalue weighted by molar-refractivity contribution is 0.102. The van der Waals surface area contributed by atoms with Gasteiger partial charge in [0.1, 0.15) is 0 Å². The lowest BCUT2D eigenvalue weighted by atomic mass is 10.1. The summed E-state index contributed by atoms with van der Waals surface area (Å²) in [5.41, 5.74) is 4.02. The van der Waals surface area contributed by atoms with Crippen LogP contribution in [0.2, 0.25) is 0 Å². The van der Waals surface area contributed by atoms with Crippen LogP contribution in [0.5, 0.6) is 0 Å². The summed E-state index contributed by atoms with van der Waals surface area (Å²) >= 11 is 1.49. The number of hydrogen-bond donors (Lipinski definition) is 1. The minimum absolute atomic E-state index is 0.121. The second-order valence-corrected chi connectivity index (χ2v) is 7.65. The van der Waals surface area contributed by atoms with Crippen molar-refractivity contribution in [1.82, 2.24) is 14.9 Å². The summed E-state index contributed by atoms with van der Waals surface area (Å²) < 4.78 is 0. The number of thiazole rings is 1. The maximum Gasteiger partial charge on any atom is 0.257 e. The van der Waals surface area contributed by atoms with Crippen molar-refractivity contribution in [3.8, 4) is 0 Å². The highest BCUT2D eigenvalue weighted by Crippen LogP contribution is 2.34. The number of likely N-dealkylation sites (tertiary alicyclic amines) is 1.